The Morgan fingerprint density at radius 3 is 2.33 bits per heavy atom. The molecule has 0 unspecified atom stereocenters. The van der Waals surface area contributed by atoms with Gasteiger partial charge >= 0.3 is 0 Å². The minimum atomic E-state index is -0.496. The SMILES string of the molecule is CCc1ccc(OCC(=O)NNC(=O)c2ccc(NC(C)=O)cc2)c(Br)c1. The molecule has 3 N–H and O–H groups in total. The van der Waals surface area contributed by atoms with Crippen LogP contribution in [-0.2, 0) is 16.0 Å². The topological polar surface area (TPSA) is 96.5 Å². The molecule has 2 aromatic rings. The third kappa shape index (κ3) is 6.41. The van der Waals surface area contributed by atoms with Crippen LogP contribution in [0.2, 0.25) is 0 Å². The summed E-state index contributed by atoms with van der Waals surface area (Å²) in [5.74, 6) is -0.631. The van der Waals surface area contributed by atoms with Crippen molar-refractivity contribution in [2.75, 3.05) is 11.9 Å². The fourth-order valence-corrected chi connectivity index (χ4v) is 2.71. The summed E-state index contributed by atoms with van der Waals surface area (Å²) >= 11 is 3.40. The Morgan fingerprint density at radius 2 is 1.74 bits per heavy atom. The highest BCUT2D eigenvalue weighted by atomic mass is 79.9. The Kier molecular flexibility index (Phi) is 7.36. The minimum absolute atomic E-state index is 0.199. The van der Waals surface area contributed by atoms with Gasteiger partial charge in [-0.05, 0) is 64.3 Å². The molecule has 0 aromatic heterocycles. The number of amides is 3. The minimum Gasteiger partial charge on any atom is -0.483 e. The van der Waals surface area contributed by atoms with Crippen LogP contribution in [0.4, 0.5) is 5.69 Å². The molecule has 0 aliphatic carbocycles. The summed E-state index contributed by atoms with van der Waals surface area (Å²) in [6.07, 6.45) is 0.900. The molecule has 0 fully saturated rings. The summed E-state index contributed by atoms with van der Waals surface area (Å²) < 4.78 is 6.20. The van der Waals surface area contributed by atoms with Gasteiger partial charge in [-0.3, -0.25) is 25.2 Å². The number of ether oxygens (including phenoxy) is 1. The highest BCUT2D eigenvalue weighted by Crippen LogP contribution is 2.26. The number of halogens is 1. The Bertz CT molecular complexity index is 837. The van der Waals surface area contributed by atoms with Gasteiger partial charge < -0.3 is 10.1 Å². The lowest BCUT2D eigenvalue weighted by atomic mass is 10.2. The monoisotopic (exact) mass is 433 g/mol. The second-order valence-corrected chi connectivity index (χ2v) is 6.52. The standard InChI is InChI=1S/C19H20BrN3O4/c1-3-13-4-9-17(16(20)10-13)27-11-18(25)22-23-19(26)14-5-7-15(8-6-14)21-12(2)24/h4-10H,3,11H2,1-2H3,(H,21,24)(H,22,25)(H,23,26). The molecule has 0 aliphatic heterocycles. The molecule has 2 rings (SSSR count). The molecule has 142 valence electrons. The summed E-state index contributed by atoms with van der Waals surface area (Å²) in [5.41, 5.74) is 6.67. The number of benzene rings is 2. The lowest BCUT2D eigenvalue weighted by molar-refractivity contribution is -0.123. The average molecular weight is 434 g/mol. The van der Waals surface area contributed by atoms with E-state index in [4.69, 9.17) is 4.74 Å². The molecule has 0 radical (unpaired) electrons. The summed E-state index contributed by atoms with van der Waals surface area (Å²) in [6.45, 7) is 3.20. The number of hydrazine groups is 1. The van der Waals surface area contributed by atoms with Crippen molar-refractivity contribution in [3.8, 4) is 5.75 Å². The van der Waals surface area contributed by atoms with Gasteiger partial charge in [0.15, 0.2) is 6.61 Å². The Hall–Kier alpha value is -2.87. The molecule has 0 aliphatic rings. The van der Waals surface area contributed by atoms with Gasteiger partial charge in [-0.25, -0.2) is 0 Å². The molecule has 0 saturated carbocycles. The molecule has 0 heterocycles. The average Bonchev–Trinajstić information content (AvgIpc) is 2.65. The third-order valence-electron chi connectivity index (χ3n) is 3.55. The maximum Gasteiger partial charge on any atom is 0.276 e. The second-order valence-electron chi connectivity index (χ2n) is 5.67. The van der Waals surface area contributed by atoms with Gasteiger partial charge in [0.1, 0.15) is 5.75 Å². The van der Waals surface area contributed by atoms with E-state index in [1.807, 2.05) is 19.1 Å². The van der Waals surface area contributed by atoms with Crippen LogP contribution in [0.15, 0.2) is 46.9 Å². The van der Waals surface area contributed by atoms with Crippen molar-refractivity contribution in [3.63, 3.8) is 0 Å². The quantitative estimate of drug-likeness (QED) is 0.610. The van der Waals surface area contributed by atoms with Gasteiger partial charge in [-0.2, -0.15) is 0 Å². The lowest BCUT2D eigenvalue weighted by Crippen LogP contribution is -2.43. The maximum absolute atomic E-state index is 12.0. The molecule has 0 spiro atoms. The summed E-state index contributed by atoms with van der Waals surface area (Å²) in [6, 6.07) is 11.9. The summed E-state index contributed by atoms with van der Waals surface area (Å²) in [4.78, 5) is 34.8. The zero-order chi connectivity index (χ0) is 19.8. The fourth-order valence-electron chi connectivity index (χ4n) is 2.17. The molecule has 0 atom stereocenters. The molecule has 0 bridgehead atoms. The summed E-state index contributed by atoms with van der Waals surface area (Å²) in [7, 11) is 0. The third-order valence-corrected chi connectivity index (χ3v) is 4.17. The van der Waals surface area contributed by atoms with E-state index in [-0.39, 0.29) is 12.5 Å². The van der Waals surface area contributed by atoms with E-state index in [2.05, 4.69) is 32.1 Å². The van der Waals surface area contributed by atoms with Gasteiger partial charge in [-0.15, -0.1) is 0 Å². The van der Waals surface area contributed by atoms with Crippen LogP contribution in [-0.4, -0.2) is 24.3 Å². The predicted octanol–water partition coefficient (Wildman–Crippen LogP) is 2.81. The van der Waals surface area contributed by atoms with Crippen LogP contribution < -0.4 is 20.9 Å². The molecule has 2 aromatic carbocycles. The van der Waals surface area contributed by atoms with Crippen LogP contribution in [0.25, 0.3) is 0 Å². The molecule has 7 nitrogen and oxygen atoms in total. The highest BCUT2D eigenvalue weighted by molar-refractivity contribution is 9.10. The fraction of sp³-hybridized carbons (Fsp3) is 0.211. The number of rotatable bonds is 6. The van der Waals surface area contributed by atoms with Crippen molar-refractivity contribution in [2.45, 2.75) is 20.3 Å². The van der Waals surface area contributed by atoms with Crippen molar-refractivity contribution in [3.05, 3.63) is 58.1 Å². The Balaban J connectivity index is 1.81. The molecule has 27 heavy (non-hydrogen) atoms. The van der Waals surface area contributed by atoms with E-state index in [0.29, 0.717) is 17.0 Å². The maximum atomic E-state index is 12.0. The van der Waals surface area contributed by atoms with Gasteiger partial charge in [0, 0.05) is 18.2 Å². The van der Waals surface area contributed by atoms with Crippen LogP contribution >= 0.6 is 15.9 Å². The lowest BCUT2D eigenvalue weighted by Gasteiger charge is -2.11. The number of aryl methyl sites for hydroxylation is 1. The van der Waals surface area contributed by atoms with Crippen molar-refractivity contribution >= 4 is 39.3 Å². The van der Waals surface area contributed by atoms with E-state index < -0.39 is 11.8 Å². The number of carbonyl (C=O) groups excluding carboxylic acids is 3. The van der Waals surface area contributed by atoms with Crippen LogP contribution in [0.5, 0.6) is 5.75 Å². The Morgan fingerprint density at radius 1 is 1.04 bits per heavy atom. The number of hydrogen-bond donors (Lipinski definition) is 3. The van der Waals surface area contributed by atoms with E-state index in [1.165, 1.54) is 19.1 Å². The zero-order valence-electron chi connectivity index (χ0n) is 15.0. The number of carbonyl (C=O) groups is 3. The summed E-state index contributed by atoms with van der Waals surface area (Å²) in [5, 5.41) is 2.60. The van der Waals surface area contributed by atoms with Crippen LogP contribution in [0, 0.1) is 0 Å². The molecule has 0 saturated heterocycles. The van der Waals surface area contributed by atoms with E-state index in [9.17, 15) is 14.4 Å². The normalized spacial score (nSPS) is 10.0. The Labute approximate surface area is 165 Å². The van der Waals surface area contributed by atoms with Gasteiger partial charge in [-0.1, -0.05) is 13.0 Å². The molecular weight excluding hydrogens is 414 g/mol. The number of anilines is 1. The van der Waals surface area contributed by atoms with E-state index in [0.717, 1.165) is 16.5 Å². The van der Waals surface area contributed by atoms with Gasteiger partial charge in [0.05, 0.1) is 4.47 Å². The van der Waals surface area contributed by atoms with Crippen LogP contribution in [0.1, 0.15) is 29.8 Å². The predicted molar refractivity (Wildman–Crippen MR) is 105 cm³/mol. The number of nitrogens with one attached hydrogen (secondary N) is 3. The molecule has 3 amide bonds. The number of hydrogen-bond acceptors (Lipinski definition) is 4. The first kappa shape index (κ1) is 20.4. The molecule has 8 heteroatoms. The van der Waals surface area contributed by atoms with Crippen molar-refractivity contribution in [1.29, 1.82) is 0 Å². The van der Waals surface area contributed by atoms with Crippen molar-refractivity contribution in [1.82, 2.24) is 10.9 Å². The first-order valence-electron chi connectivity index (χ1n) is 8.27. The second kappa shape index (κ2) is 9.72. The zero-order valence-corrected chi connectivity index (χ0v) is 16.6. The van der Waals surface area contributed by atoms with Crippen molar-refractivity contribution in [2.24, 2.45) is 0 Å². The van der Waals surface area contributed by atoms with Gasteiger partial charge in [0.25, 0.3) is 11.8 Å². The molecular formula is C19H20BrN3O4. The largest absolute Gasteiger partial charge is 0.483 e. The first-order valence-corrected chi connectivity index (χ1v) is 9.06. The van der Waals surface area contributed by atoms with E-state index >= 15 is 0 Å². The highest BCUT2D eigenvalue weighted by Gasteiger charge is 2.09. The first-order chi connectivity index (χ1) is 12.9. The van der Waals surface area contributed by atoms with E-state index in [1.54, 1.807) is 18.2 Å². The van der Waals surface area contributed by atoms with Gasteiger partial charge in [0.2, 0.25) is 5.91 Å². The smallest absolute Gasteiger partial charge is 0.276 e. The van der Waals surface area contributed by atoms with Crippen molar-refractivity contribution < 1.29 is 19.1 Å². The van der Waals surface area contributed by atoms with Crippen LogP contribution in [0.3, 0.4) is 0 Å².